The summed E-state index contributed by atoms with van der Waals surface area (Å²) in [5, 5.41) is 0.412. The average Bonchev–Trinajstić information content (AvgIpc) is 2.87. The number of nitrogens with zero attached hydrogens (tertiary/aromatic N) is 2. The molecule has 2 aliphatic heterocycles. The molecular formula is C19H17Cl2N3O3S. The van der Waals surface area contributed by atoms with Gasteiger partial charge in [-0.2, -0.15) is 0 Å². The summed E-state index contributed by atoms with van der Waals surface area (Å²) in [5.74, 6) is 0.222. The zero-order chi connectivity index (χ0) is 20.3. The minimum Gasteiger partial charge on any atom is -0.322 e. The van der Waals surface area contributed by atoms with Crippen molar-refractivity contribution in [1.82, 2.24) is 0 Å². The molecule has 0 aliphatic carbocycles. The first kappa shape index (κ1) is 19.2. The van der Waals surface area contributed by atoms with Gasteiger partial charge in [0, 0.05) is 24.2 Å². The smallest absolute Gasteiger partial charge is 0.261 e. The molecule has 6 nitrogen and oxygen atoms in total. The average molecular weight is 438 g/mol. The number of rotatable bonds is 3. The third kappa shape index (κ3) is 3.27. The summed E-state index contributed by atoms with van der Waals surface area (Å²) in [6.45, 7) is 5.44. The zero-order valence-corrected chi connectivity index (χ0v) is 17.5. The second-order valence-electron chi connectivity index (χ2n) is 7.63. The molecule has 2 heterocycles. The molecular weight excluding hydrogens is 421 g/mol. The number of Topliss-reactive ketones (excluding diaryl/α,β-unsaturated/α-hetero) is 1. The lowest BCUT2D eigenvalue weighted by molar-refractivity contribution is 0.106. The monoisotopic (exact) mass is 437 g/mol. The molecule has 0 aromatic heterocycles. The number of halogens is 2. The molecule has 146 valence electrons. The Labute approximate surface area is 173 Å². The Bertz CT molecular complexity index is 1140. The van der Waals surface area contributed by atoms with Crippen LogP contribution >= 0.6 is 23.2 Å². The van der Waals surface area contributed by atoms with Gasteiger partial charge in [0.05, 0.1) is 26.2 Å². The molecule has 0 unspecified atom stereocenters. The zero-order valence-electron chi connectivity index (χ0n) is 15.2. The van der Waals surface area contributed by atoms with Gasteiger partial charge in [-0.05, 0) is 36.4 Å². The van der Waals surface area contributed by atoms with Gasteiger partial charge < -0.3 is 4.90 Å². The lowest BCUT2D eigenvalue weighted by Gasteiger charge is -2.34. The minimum atomic E-state index is -3.88. The van der Waals surface area contributed by atoms with E-state index in [4.69, 9.17) is 23.2 Å². The second-order valence-corrected chi connectivity index (χ2v) is 10.1. The van der Waals surface area contributed by atoms with E-state index in [1.54, 1.807) is 18.2 Å². The Hall–Kier alpha value is -2.09. The SMILES string of the molecule is CC1(C)CN=C2C(=O)c3cc(NS(=O)(=O)c4ccc(Cl)c(Cl)c4)ccc3N2C1. The van der Waals surface area contributed by atoms with Gasteiger partial charge in [-0.25, -0.2) is 8.42 Å². The van der Waals surface area contributed by atoms with Gasteiger partial charge in [-0.1, -0.05) is 37.0 Å². The van der Waals surface area contributed by atoms with Crippen LogP contribution in [0.2, 0.25) is 10.0 Å². The topological polar surface area (TPSA) is 78.8 Å². The van der Waals surface area contributed by atoms with Crippen molar-refractivity contribution in [3.63, 3.8) is 0 Å². The lowest BCUT2D eigenvalue weighted by atomic mass is 9.91. The van der Waals surface area contributed by atoms with Gasteiger partial charge in [-0.15, -0.1) is 0 Å². The summed E-state index contributed by atoms with van der Waals surface area (Å²) in [5.41, 5.74) is 1.43. The van der Waals surface area contributed by atoms with Gasteiger partial charge in [0.1, 0.15) is 0 Å². The van der Waals surface area contributed by atoms with Gasteiger partial charge >= 0.3 is 0 Å². The van der Waals surface area contributed by atoms with Gasteiger partial charge in [0.2, 0.25) is 5.78 Å². The molecule has 2 aliphatic rings. The van der Waals surface area contributed by atoms with Crippen LogP contribution in [0, 0.1) is 5.41 Å². The number of sulfonamides is 1. The number of anilines is 2. The quantitative estimate of drug-likeness (QED) is 0.778. The Morgan fingerprint density at radius 3 is 2.57 bits per heavy atom. The fraction of sp³-hybridized carbons (Fsp3) is 0.263. The predicted molar refractivity (Wildman–Crippen MR) is 111 cm³/mol. The summed E-state index contributed by atoms with van der Waals surface area (Å²) in [4.78, 5) is 19.1. The Morgan fingerprint density at radius 1 is 1.11 bits per heavy atom. The highest BCUT2D eigenvalue weighted by atomic mass is 35.5. The maximum Gasteiger partial charge on any atom is 0.261 e. The van der Waals surface area contributed by atoms with Crippen molar-refractivity contribution in [2.75, 3.05) is 22.7 Å². The van der Waals surface area contributed by atoms with E-state index >= 15 is 0 Å². The van der Waals surface area contributed by atoms with Crippen molar-refractivity contribution in [3.8, 4) is 0 Å². The first-order valence-electron chi connectivity index (χ1n) is 8.56. The normalized spacial score (nSPS) is 17.8. The van der Waals surface area contributed by atoms with Crippen LogP contribution in [0.3, 0.4) is 0 Å². The number of carbonyl (C=O) groups is 1. The van der Waals surface area contributed by atoms with Crippen molar-refractivity contribution < 1.29 is 13.2 Å². The van der Waals surface area contributed by atoms with E-state index in [1.807, 2.05) is 4.90 Å². The molecule has 0 amide bonds. The van der Waals surface area contributed by atoms with Gasteiger partial charge in [0.15, 0.2) is 5.84 Å². The third-order valence-electron chi connectivity index (χ3n) is 4.69. The number of hydrogen-bond acceptors (Lipinski definition) is 5. The van der Waals surface area contributed by atoms with Crippen molar-refractivity contribution >= 4 is 56.2 Å². The van der Waals surface area contributed by atoms with Crippen molar-refractivity contribution in [2.24, 2.45) is 10.4 Å². The largest absolute Gasteiger partial charge is 0.322 e. The summed E-state index contributed by atoms with van der Waals surface area (Å²) in [6.07, 6.45) is 0. The van der Waals surface area contributed by atoms with Gasteiger partial charge in [-0.3, -0.25) is 14.5 Å². The van der Waals surface area contributed by atoms with Crippen molar-refractivity contribution in [2.45, 2.75) is 18.7 Å². The molecule has 0 saturated heterocycles. The molecule has 1 N–H and O–H groups in total. The van der Waals surface area contributed by atoms with E-state index < -0.39 is 10.0 Å². The first-order chi connectivity index (χ1) is 13.1. The molecule has 0 radical (unpaired) electrons. The summed E-state index contributed by atoms with van der Waals surface area (Å²) >= 11 is 11.8. The molecule has 0 fully saturated rings. The number of fused-ring (bicyclic) bond motifs is 3. The maximum atomic E-state index is 12.7. The Kier molecular flexibility index (Phi) is 4.45. The number of benzene rings is 2. The number of aliphatic imine (C=N–C) groups is 1. The molecule has 0 saturated carbocycles. The van der Waals surface area contributed by atoms with Crippen molar-refractivity contribution in [1.29, 1.82) is 0 Å². The first-order valence-corrected chi connectivity index (χ1v) is 10.8. The number of amidine groups is 1. The molecule has 2 aromatic rings. The molecule has 28 heavy (non-hydrogen) atoms. The number of ketones is 1. The highest BCUT2D eigenvalue weighted by molar-refractivity contribution is 7.92. The summed E-state index contributed by atoms with van der Waals surface area (Å²) in [6, 6.07) is 8.98. The Balaban J connectivity index is 1.67. The Morgan fingerprint density at radius 2 is 1.86 bits per heavy atom. The van der Waals surface area contributed by atoms with Crippen molar-refractivity contribution in [3.05, 3.63) is 52.0 Å². The molecule has 0 bridgehead atoms. The highest BCUT2D eigenvalue weighted by Gasteiger charge is 2.40. The minimum absolute atomic E-state index is 0.0164. The maximum absolute atomic E-state index is 12.7. The van der Waals surface area contributed by atoms with Crippen LogP contribution in [0.4, 0.5) is 11.4 Å². The lowest BCUT2D eigenvalue weighted by Crippen LogP contribution is -2.44. The standard InChI is InChI=1S/C19H17Cl2N3O3S/c1-19(2)9-22-18-17(25)13-7-11(3-6-16(13)24(18)10-19)23-28(26,27)12-4-5-14(20)15(21)8-12/h3-8,23H,9-10H2,1-2H3. The highest BCUT2D eigenvalue weighted by Crippen LogP contribution is 2.37. The fourth-order valence-corrected chi connectivity index (χ4v) is 4.75. The van der Waals surface area contributed by atoms with E-state index in [0.29, 0.717) is 24.5 Å². The van der Waals surface area contributed by atoms with E-state index in [-0.39, 0.29) is 31.8 Å². The van der Waals surface area contributed by atoms with Crippen LogP contribution in [-0.4, -0.2) is 33.1 Å². The molecule has 0 spiro atoms. The van der Waals surface area contributed by atoms with Gasteiger partial charge in [0.25, 0.3) is 10.0 Å². The number of carbonyl (C=O) groups excluding carboxylic acids is 1. The fourth-order valence-electron chi connectivity index (χ4n) is 3.32. The molecule has 4 rings (SSSR count). The predicted octanol–water partition coefficient (Wildman–Crippen LogP) is 4.24. The summed E-state index contributed by atoms with van der Waals surface area (Å²) in [7, 11) is -3.88. The van der Waals surface area contributed by atoms with E-state index in [2.05, 4.69) is 23.6 Å². The van der Waals surface area contributed by atoms with Crippen LogP contribution in [-0.2, 0) is 10.0 Å². The molecule has 2 aromatic carbocycles. The van der Waals surface area contributed by atoms with Crippen LogP contribution in [0.15, 0.2) is 46.3 Å². The van der Waals surface area contributed by atoms with Crippen LogP contribution in [0.1, 0.15) is 24.2 Å². The summed E-state index contributed by atoms with van der Waals surface area (Å²) < 4.78 is 27.8. The second kappa shape index (κ2) is 6.47. The van der Waals surface area contributed by atoms with E-state index in [1.165, 1.54) is 18.2 Å². The van der Waals surface area contributed by atoms with Crippen LogP contribution in [0.5, 0.6) is 0 Å². The molecule has 9 heteroatoms. The van der Waals surface area contributed by atoms with E-state index in [0.717, 1.165) is 5.69 Å². The molecule has 0 atom stereocenters. The van der Waals surface area contributed by atoms with Crippen LogP contribution in [0.25, 0.3) is 0 Å². The van der Waals surface area contributed by atoms with Crippen LogP contribution < -0.4 is 9.62 Å². The number of hydrogen-bond donors (Lipinski definition) is 1. The third-order valence-corrected chi connectivity index (χ3v) is 6.81. The van der Waals surface area contributed by atoms with E-state index in [9.17, 15) is 13.2 Å². The number of nitrogens with one attached hydrogen (secondary N) is 1.